The molecule has 0 saturated carbocycles. The van der Waals surface area contributed by atoms with E-state index in [1.165, 1.54) is 6.92 Å². The first kappa shape index (κ1) is 13.7. The molecule has 1 amide bonds. The van der Waals surface area contributed by atoms with Crippen molar-refractivity contribution in [1.82, 2.24) is 14.9 Å². The highest BCUT2D eigenvalue weighted by molar-refractivity contribution is 7.91. The summed E-state index contributed by atoms with van der Waals surface area (Å²) < 4.78 is 25.5. The van der Waals surface area contributed by atoms with Crippen LogP contribution in [0.25, 0.3) is 0 Å². The number of nitrogens with zero attached hydrogens (tertiary/aromatic N) is 2. The minimum absolute atomic E-state index is 0.154. The zero-order valence-corrected chi connectivity index (χ0v) is 10.8. The first-order valence-electron chi connectivity index (χ1n) is 4.67. The second-order valence-corrected chi connectivity index (χ2v) is 5.95. The monoisotopic (exact) mass is 276 g/mol. The number of carbonyl (C=O) groups excluding carboxylic acids is 1. The van der Waals surface area contributed by atoms with Crippen LogP contribution >= 0.6 is 11.3 Å². The van der Waals surface area contributed by atoms with Crippen LogP contribution in [0.5, 0.6) is 0 Å². The summed E-state index contributed by atoms with van der Waals surface area (Å²) in [6.45, 7) is 5.04. The highest BCUT2D eigenvalue weighted by atomic mass is 32.2. The van der Waals surface area contributed by atoms with Crippen molar-refractivity contribution in [3.8, 4) is 0 Å². The molecule has 9 heteroatoms. The van der Waals surface area contributed by atoms with Crippen LogP contribution in [0.3, 0.4) is 0 Å². The third-order valence-corrected chi connectivity index (χ3v) is 4.23. The molecule has 17 heavy (non-hydrogen) atoms. The van der Waals surface area contributed by atoms with Gasteiger partial charge in [0, 0.05) is 13.5 Å². The Bertz CT molecular complexity index is 509. The van der Waals surface area contributed by atoms with E-state index in [1.807, 2.05) is 0 Å². The van der Waals surface area contributed by atoms with Gasteiger partial charge in [0.1, 0.15) is 0 Å². The van der Waals surface area contributed by atoms with Crippen molar-refractivity contribution in [3.63, 3.8) is 0 Å². The van der Waals surface area contributed by atoms with Crippen LogP contribution in [0, 0.1) is 0 Å². The smallest absolute Gasteiger partial charge is 0.269 e. The molecule has 94 valence electrons. The number of amides is 1. The summed E-state index contributed by atoms with van der Waals surface area (Å²) in [7, 11) is -3.65. The van der Waals surface area contributed by atoms with Crippen molar-refractivity contribution in [1.29, 1.82) is 0 Å². The molecule has 1 heterocycles. The van der Waals surface area contributed by atoms with Crippen molar-refractivity contribution in [2.45, 2.75) is 17.7 Å². The molecular formula is C8H12N4O3S2. The van der Waals surface area contributed by atoms with E-state index >= 15 is 0 Å². The van der Waals surface area contributed by atoms with Gasteiger partial charge in [-0.15, -0.1) is 16.8 Å². The predicted octanol–water partition coefficient (Wildman–Crippen LogP) is 0.351. The van der Waals surface area contributed by atoms with Crippen molar-refractivity contribution in [3.05, 3.63) is 12.7 Å². The molecule has 0 fully saturated rings. The first-order valence-corrected chi connectivity index (χ1v) is 6.97. The Morgan fingerprint density at radius 3 is 2.82 bits per heavy atom. The summed E-state index contributed by atoms with van der Waals surface area (Å²) in [5.41, 5.74) is 0. The number of hydrogen-bond donors (Lipinski definition) is 2. The molecule has 2 N–H and O–H groups in total. The number of rotatable bonds is 6. The maximum atomic E-state index is 11.7. The predicted molar refractivity (Wildman–Crippen MR) is 64.2 cm³/mol. The van der Waals surface area contributed by atoms with Crippen molar-refractivity contribution < 1.29 is 13.2 Å². The van der Waals surface area contributed by atoms with E-state index < -0.39 is 10.0 Å². The van der Waals surface area contributed by atoms with Crippen LogP contribution < -0.4 is 10.0 Å². The minimum Gasteiger partial charge on any atom is -0.301 e. The number of hydrogen-bond acceptors (Lipinski definition) is 6. The van der Waals surface area contributed by atoms with Crippen molar-refractivity contribution in [2.24, 2.45) is 0 Å². The number of aromatic nitrogens is 2. The average Bonchev–Trinajstić information content (AvgIpc) is 2.66. The van der Waals surface area contributed by atoms with Crippen LogP contribution in [-0.2, 0) is 14.8 Å². The fourth-order valence-corrected chi connectivity index (χ4v) is 2.91. The molecular weight excluding hydrogens is 264 g/mol. The Morgan fingerprint density at radius 1 is 1.53 bits per heavy atom. The highest BCUT2D eigenvalue weighted by Crippen LogP contribution is 2.19. The fraction of sp³-hybridized carbons (Fsp3) is 0.375. The average molecular weight is 276 g/mol. The number of anilines is 1. The van der Waals surface area contributed by atoms with Gasteiger partial charge in [-0.1, -0.05) is 17.4 Å². The van der Waals surface area contributed by atoms with Gasteiger partial charge >= 0.3 is 0 Å². The molecule has 0 atom stereocenters. The lowest BCUT2D eigenvalue weighted by Crippen LogP contribution is -2.24. The third-order valence-electron chi connectivity index (χ3n) is 1.56. The Morgan fingerprint density at radius 2 is 2.24 bits per heavy atom. The van der Waals surface area contributed by atoms with Crippen LogP contribution in [0.15, 0.2) is 17.0 Å². The van der Waals surface area contributed by atoms with E-state index in [4.69, 9.17) is 0 Å². The van der Waals surface area contributed by atoms with Gasteiger partial charge in [0.15, 0.2) is 0 Å². The van der Waals surface area contributed by atoms with E-state index in [0.29, 0.717) is 6.42 Å². The van der Waals surface area contributed by atoms with Gasteiger partial charge in [-0.05, 0) is 6.42 Å². The largest absolute Gasteiger partial charge is 0.301 e. The number of nitrogens with one attached hydrogen (secondary N) is 2. The summed E-state index contributed by atoms with van der Waals surface area (Å²) in [4.78, 5) is 10.7. The lowest BCUT2D eigenvalue weighted by Gasteiger charge is -1.99. The molecule has 0 aliphatic rings. The summed E-state index contributed by atoms with van der Waals surface area (Å²) in [5.74, 6) is -0.329. The Hall–Kier alpha value is -1.32. The maximum Gasteiger partial charge on any atom is 0.269 e. The molecule has 1 rings (SSSR count). The molecule has 7 nitrogen and oxygen atoms in total. The zero-order chi connectivity index (χ0) is 12.9. The Labute approximate surface area is 103 Å². The SMILES string of the molecule is C=CCCNS(=O)(=O)c1nnc(NC(C)=O)s1. The molecule has 0 unspecified atom stereocenters. The Balaban J connectivity index is 2.74. The van der Waals surface area contributed by atoms with E-state index in [0.717, 1.165) is 11.3 Å². The second-order valence-electron chi connectivity index (χ2n) is 3.03. The molecule has 0 aliphatic heterocycles. The van der Waals surface area contributed by atoms with Gasteiger partial charge in [0.2, 0.25) is 15.4 Å². The lowest BCUT2D eigenvalue weighted by atomic mass is 10.4. The third kappa shape index (κ3) is 4.21. The van der Waals surface area contributed by atoms with Crippen molar-refractivity contribution in [2.75, 3.05) is 11.9 Å². The van der Waals surface area contributed by atoms with E-state index in [2.05, 4.69) is 26.8 Å². The van der Waals surface area contributed by atoms with Gasteiger partial charge in [0.05, 0.1) is 0 Å². The Kier molecular flexibility index (Phi) is 4.73. The van der Waals surface area contributed by atoms with Crippen LogP contribution in [0.4, 0.5) is 5.13 Å². The molecule has 0 aliphatic carbocycles. The topological polar surface area (TPSA) is 101 Å². The zero-order valence-electron chi connectivity index (χ0n) is 9.13. The number of carbonyl (C=O) groups is 1. The second kappa shape index (κ2) is 5.84. The minimum atomic E-state index is -3.65. The van der Waals surface area contributed by atoms with Gasteiger partial charge in [0.25, 0.3) is 10.0 Å². The lowest BCUT2D eigenvalue weighted by molar-refractivity contribution is -0.114. The summed E-state index contributed by atoms with van der Waals surface area (Å²) >= 11 is 0.796. The molecule has 0 saturated heterocycles. The molecule has 0 bridgehead atoms. The van der Waals surface area contributed by atoms with Gasteiger partial charge in [-0.2, -0.15) is 0 Å². The van der Waals surface area contributed by atoms with Gasteiger partial charge in [-0.3, -0.25) is 4.79 Å². The molecule has 0 aromatic carbocycles. The summed E-state index contributed by atoms with van der Waals surface area (Å²) in [6.07, 6.45) is 2.13. The fourth-order valence-electron chi connectivity index (χ4n) is 0.877. The van der Waals surface area contributed by atoms with Gasteiger partial charge in [-0.25, -0.2) is 13.1 Å². The van der Waals surface area contributed by atoms with E-state index in [-0.39, 0.29) is 21.9 Å². The van der Waals surface area contributed by atoms with Crippen LogP contribution in [0.2, 0.25) is 0 Å². The van der Waals surface area contributed by atoms with Crippen LogP contribution in [-0.4, -0.2) is 31.1 Å². The molecule has 0 radical (unpaired) electrons. The summed E-state index contributed by atoms with van der Waals surface area (Å²) in [5, 5.41) is 9.56. The quantitative estimate of drug-likeness (QED) is 0.443. The summed E-state index contributed by atoms with van der Waals surface area (Å²) in [6, 6.07) is 0. The highest BCUT2D eigenvalue weighted by Gasteiger charge is 2.19. The maximum absolute atomic E-state index is 11.7. The van der Waals surface area contributed by atoms with Crippen molar-refractivity contribution >= 4 is 32.4 Å². The normalized spacial score (nSPS) is 11.1. The first-order chi connectivity index (χ1) is 7.95. The molecule has 1 aromatic rings. The van der Waals surface area contributed by atoms with E-state index in [1.54, 1.807) is 6.08 Å². The van der Waals surface area contributed by atoms with Gasteiger partial charge < -0.3 is 5.32 Å². The standard InChI is InChI=1S/C8H12N4O3S2/c1-3-4-5-9-17(14,15)8-12-11-7(16-8)10-6(2)13/h3,9H,1,4-5H2,2H3,(H,10,11,13). The molecule has 0 spiro atoms. The van der Waals surface area contributed by atoms with Crippen LogP contribution in [0.1, 0.15) is 13.3 Å². The number of sulfonamides is 1. The van der Waals surface area contributed by atoms with E-state index in [9.17, 15) is 13.2 Å². The molecule has 1 aromatic heterocycles.